The van der Waals surface area contributed by atoms with Crippen LogP contribution in [0.3, 0.4) is 0 Å². The van der Waals surface area contributed by atoms with Gasteiger partial charge in [0.2, 0.25) is 5.91 Å². The second-order valence-corrected chi connectivity index (χ2v) is 4.35. The third kappa shape index (κ3) is 5.00. The molecule has 17 heavy (non-hydrogen) atoms. The number of carbonyl (C=O) groups is 1. The lowest BCUT2D eigenvalue weighted by Crippen LogP contribution is -2.22. The lowest BCUT2D eigenvalue weighted by atomic mass is 10.0. The predicted molar refractivity (Wildman–Crippen MR) is 72.0 cm³/mol. The summed E-state index contributed by atoms with van der Waals surface area (Å²) in [6.45, 7) is 3.98. The molecule has 1 unspecified atom stereocenters. The van der Waals surface area contributed by atoms with Gasteiger partial charge in [-0.1, -0.05) is 32.4 Å². The van der Waals surface area contributed by atoms with E-state index in [2.05, 4.69) is 12.2 Å². The van der Waals surface area contributed by atoms with Crippen LogP contribution in [0.5, 0.6) is 0 Å². The fraction of sp³-hybridized carbons (Fsp3) is 0.500. The highest BCUT2D eigenvalue weighted by Gasteiger charge is 2.03. The number of amides is 1. The average Bonchev–Trinajstić information content (AvgIpc) is 2.32. The molecule has 1 rings (SSSR count). The van der Waals surface area contributed by atoms with Gasteiger partial charge in [-0.2, -0.15) is 0 Å². The molecule has 3 nitrogen and oxygen atoms in total. The van der Waals surface area contributed by atoms with E-state index in [1.807, 2.05) is 31.2 Å². The number of benzene rings is 1. The minimum atomic E-state index is 0.0421. The van der Waals surface area contributed by atoms with Crippen molar-refractivity contribution in [1.82, 2.24) is 0 Å². The van der Waals surface area contributed by atoms with Crippen LogP contribution in [0.15, 0.2) is 24.3 Å². The van der Waals surface area contributed by atoms with Crippen LogP contribution >= 0.6 is 0 Å². The van der Waals surface area contributed by atoms with Gasteiger partial charge in [-0.15, -0.1) is 0 Å². The molecule has 94 valence electrons. The van der Waals surface area contributed by atoms with Crippen molar-refractivity contribution in [3.63, 3.8) is 0 Å². The zero-order valence-electron chi connectivity index (χ0n) is 10.7. The van der Waals surface area contributed by atoms with Crippen LogP contribution in [0.2, 0.25) is 0 Å². The number of nitrogens with one attached hydrogen (secondary N) is 1. The molecule has 1 aromatic rings. The van der Waals surface area contributed by atoms with Gasteiger partial charge >= 0.3 is 0 Å². The van der Waals surface area contributed by atoms with Gasteiger partial charge in [0.05, 0.1) is 0 Å². The van der Waals surface area contributed by atoms with Gasteiger partial charge in [0.25, 0.3) is 0 Å². The van der Waals surface area contributed by atoms with E-state index in [9.17, 15) is 4.79 Å². The van der Waals surface area contributed by atoms with Crippen LogP contribution in [0.1, 0.15) is 38.7 Å². The molecular formula is C14H22N2O. The van der Waals surface area contributed by atoms with E-state index in [-0.39, 0.29) is 11.9 Å². The smallest absolute Gasteiger partial charge is 0.224 e. The summed E-state index contributed by atoms with van der Waals surface area (Å²) in [5.74, 6) is 0.0421. The van der Waals surface area contributed by atoms with Crippen molar-refractivity contribution < 1.29 is 4.79 Å². The first-order valence-corrected chi connectivity index (χ1v) is 6.30. The Hall–Kier alpha value is -1.35. The second kappa shape index (κ2) is 7.07. The Morgan fingerprint density at radius 3 is 2.47 bits per heavy atom. The third-order valence-corrected chi connectivity index (χ3v) is 2.72. The van der Waals surface area contributed by atoms with Gasteiger partial charge in [-0.25, -0.2) is 0 Å². The summed E-state index contributed by atoms with van der Waals surface area (Å²) in [5, 5.41) is 2.83. The molecule has 3 heteroatoms. The SMILES string of the molecule is CCCC(N)Cc1ccc(NC(=O)CC)cc1. The minimum absolute atomic E-state index is 0.0421. The summed E-state index contributed by atoms with van der Waals surface area (Å²) in [4.78, 5) is 11.2. The van der Waals surface area contributed by atoms with Gasteiger partial charge in [0.1, 0.15) is 0 Å². The summed E-state index contributed by atoms with van der Waals surface area (Å²) in [6.07, 6.45) is 3.57. The number of rotatable bonds is 6. The molecule has 1 atom stereocenters. The average molecular weight is 234 g/mol. The van der Waals surface area contributed by atoms with Crippen LogP contribution in [0.4, 0.5) is 5.69 Å². The largest absolute Gasteiger partial charge is 0.327 e. The molecule has 0 heterocycles. The lowest BCUT2D eigenvalue weighted by molar-refractivity contribution is -0.115. The summed E-state index contributed by atoms with van der Waals surface area (Å²) < 4.78 is 0. The van der Waals surface area contributed by atoms with Crippen molar-refractivity contribution in [3.8, 4) is 0 Å². The molecule has 3 N–H and O–H groups in total. The van der Waals surface area contributed by atoms with Gasteiger partial charge in [0, 0.05) is 18.2 Å². The molecule has 1 amide bonds. The third-order valence-electron chi connectivity index (χ3n) is 2.72. The highest BCUT2D eigenvalue weighted by Crippen LogP contribution is 2.12. The predicted octanol–water partition coefficient (Wildman–Crippen LogP) is 2.71. The number of hydrogen-bond acceptors (Lipinski definition) is 2. The number of hydrogen-bond donors (Lipinski definition) is 2. The van der Waals surface area contributed by atoms with Crippen LogP contribution in [0.25, 0.3) is 0 Å². The molecule has 0 fully saturated rings. The minimum Gasteiger partial charge on any atom is -0.327 e. The maximum atomic E-state index is 11.2. The van der Waals surface area contributed by atoms with Gasteiger partial charge < -0.3 is 11.1 Å². The topological polar surface area (TPSA) is 55.1 Å². The lowest BCUT2D eigenvalue weighted by Gasteiger charge is -2.11. The van der Waals surface area contributed by atoms with E-state index in [0.717, 1.165) is 24.9 Å². The first-order chi connectivity index (χ1) is 8.15. The molecule has 0 radical (unpaired) electrons. The summed E-state index contributed by atoms with van der Waals surface area (Å²) in [6, 6.07) is 8.15. The van der Waals surface area contributed by atoms with E-state index in [1.54, 1.807) is 0 Å². The summed E-state index contributed by atoms with van der Waals surface area (Å²) >= 11 is 0. The van der Waals surface area contributed by atoms with Crippen molar-refractivity contribution in [2.75, 3.05) is 5.32 Å². The van der Waals surface area contributed by atoms with Crippen molar-refractivity contribution in [3.05, 3.63) is 29.8 Å². The van der Waals surface area contributed by atoms with Crippen molar-refractivity contribution >= 4 is 11.6 Å². The number of anilines is 1. The molecule has 0 saturated heterocycles. The molecule has 0 saturated carbocycles. The van der Waals surface area contributed by atoms with Gasteiger partial charge in [-0.05, 0) is 30.5 Å². The number of nitrogens with two attached hydrogens (primary N) is 1. The van der Waals surface area contributed by atoms with Crippen molar-refractivity contribution in [2.24, 2.45) is 5.73 Å². The van der Waals surface area contributed by atoms with Crippen molar-refractivity contribution in [1.29, 1.82) is 0 Å². The zero-order chi connectivity index (χ0) is 12.7. The van der Waals surface area contributed by atoms with Gasteiger partial charge in [0.15, 0.2) is 0 Å². The molecule has 0 bridgehead atoms. The zero-order valence-corrected chi connectivity index (χ0v) is 10.7. The highest BCUT2D eigenvalue weighted by molar-refractivity contribution is 5.90. The van der Waals surface area contributed by atoms with E-state index in [4.69, 9.17) is 5.73 Å². The van der Waals surface area contributed by atoms with Crippen LogP contribution in [-0.4, -0.2) is 11.9 Å². The Bertz CT molecular complexity index is 346. The second-order valence-electron chi connectivity index (χ2n) is 4.35. The van der Waals surface area contributed by atoms with Crippen LogP contribution < -0.4 is 11.1 Å². The Morgan fingerprint density at radius 2 is 1.94 bits per heavy atom. The molecule has 0 aromatic heterocycles. The maximum Gasteiger partial charge on any atom is 0.224 e. The number of carbonyl (C=O) groups excluding carboxylic acids is 1. The van der Waals surface area contributed by atoms with Gasteiger partial charge in [-0.3, -0.25) is 4.79 Å². The van der Waals surface area contributed by atoms with E-state index >= 15 is 0 Å². The Balaban J connectivity index is 2.52. The Kier molecular flexibility index (Phi) is 5.70. The maximum absolute atomic E-state index is 11.2. The molecule has 0 aliphatic rings. The molecule has 0 aliphatic heterocycles. The molecule has 1 aromatic carbocycles. The molecule has 0 spiro atoms. The summed E-state index contributed by atoms with van der Waals surface area (Å²) in [5.41, 5.74) is 8.06. The highest BCUT2D eigenvalue weighted by atomic mass is 16.1. The summed E-state index contributed by atoms with van der Waals surface area (Å²) in [7, 11) is 0. The van der Waals surface area contributed by atoms with Crippen LogP contribution in [-0.2, 0) is 11.2 Å². The molecular weight excluding hydrogens is 212 g/mol. The Labute approximate surface area is 103 Å². The van der Waals surface area contributed by atoms with Crippen LogP contribution in [0, 0.1) is 0 Å². The first-order valence-electron chi connectivity index (χ1n) is 6.30. The van der Waals surface area contributed by atoms with E-state index in [1.165, 1.54) is 5.56 Å². The fourth-order valence-corrected chi connectivity index (χ4v) is 1.75. The van der Waals surface area contributed by atoms with E-state index in [0.29, 0.717) is 6.42 Å². The normalized spacial score (nSPS) is 12.2. The Morgan fingerprint density at radius 1 is 1.29 bits per heavy atom. The molecule has 0 aliphatic carbocycles. The standard InChI is InChI=1S/C14H22N2O/c1-3-5-12(15)10-11-6-8-13(9-7-11)16-14(17)4-2/h6-9,12H,3-5,10,15H2,1-2H3,(H,16,17). The first kappa shape index (κ1) is 13.7. The van der Waals surface area contributed by atoms with Crippen molar-refractivity contribution in [2.45, 2.75) is 45.6 Å². The fourth-order valence-electron chi connectivity index (χ4n) is 1.75. The van der Waals surface area contributed by atoms with E-state index < -0.39 is 0 Å². The quantitative estimate of drug-likeness (QED) is 0.795. The monoisotopic (exact) mass is 234 g/mol.